The molecule has 0 amide bonds. The average molecular weight is 261 g/mol. The third kappa shape index (κ3) is 2.86. The highest BCUT2D eigenvalue weighted by Gasteiger charge is 2.10. The van der Waals surface area contributed by atoms with Gasteiger partial charge < -0.3 is 15.0 Å². The van der Waals surface area contributed by atoms with Gasteiger partial charge in [-0.1, -0.05) is 6.92 Å². The van der Waals surface area contributed by atoms with E-state index < -0.39 is 5.97 Å². The van der Waals surface area contributed by atoms with Crippen LogP contribution in [0, 0.1) is 12.8 Å². The number of aromatic nitrogens is 2. The minimum absolute atomic E-state index is 0.326. The van der Waals surface area contributed by atoms with Gasteiger partial charge in [0.2, 0.25) is 0 Å². The highest BCUT2D eigenvalue weighted by atomic mass is 16.4. The average Bonchev–Trinajstić information content (AvgIpc) is 2.64. The maximum absolute atomic E-state index is 10.7. The molecule has 2 N–H and O–H groups in total. The van der Waals surface area contributed by atoms with E-state index in [-0.39, 0.29) is 5.92 Å². The molecule has 0 aliphatic heterocycles. The summed E-state index contributed by atoms with van der Waals surface area (Å²) in [6, 6.07) is 6.01. The number of carboxylic acids is 1. The Hall–Kier alpha value is -2.04. The van der Waals surface area contributed by atoms with Gasteiger partial charge in [-0.05, 0) is 31.5 Å². The van der Waals surface area contributed by atoms with Crippen molar-refractivity contribution in [1.82, 2.24) is 9.55 Å². The summed E-state index contributed by atoms with van der Waals surface area (Å²) in [5.74, 6) is -0.0995. The third-order valence-corrected chi connectivity index (χ3v) is 3.43. The third-order valence-electron chi connectivity index (χ3n) is 3.43. The van der Waals surface area contributed by atoms with E-state index in [1.807, 2.05) is 36.7 Å². The van der Waals surface area contributed by atoms with E-state index in [0.717, 1.165) is 22.5 Å². The monoisotopic (exact) mass is 261 g/mol. The molecule has 1 unspecified atom stereocenters. The molecule has 0 radical (unpaired) electrons. The van der Waals surface area contributed by atoms with Crippen molar-refractivity contribution >= 4 is 22.7 Å². The summed E-state index contributed by atoms with van der Waals surface area (Å²) in [7, 11) is 1.99. The zero-order valence-corrected chi connectivity index (χ0v) is 11.5. The number of rotatable bonds is 5. The van der Waals surface area contributed by atoms with Crippen molar-refractivity contribution in [3.8, 4) is 0 Å². The lowest BCUT2D eigenvalue weighted by molar-refractivity contribution is -0.141. The Bertz CT molecular complexity index is 604. The fourth-order valence-electron chi connectivity index (χ4n) is 1.99. The molecule has 0 saturated carbocycles. The van der Waals surface area contributed by atoms with E-state index in [0.29, 0.717) is 13.0 Å². The minimum Gasteiger partial charge on any atom is -0.481 e. The van der Waals surface area contributed by atoms with E-state index in [4.69, 9.17) is 5.11 Å². The smallest absolute Gasteiger partial charge is 0.306 e. The first-order chi connectivity index (χ1) is 8.99. The molecule has 19 heavy (non-hydrogen) atoms. The number of carbonyl (C=O) groups is 1. The van der Waals surface area contributed by atoms with Crippen LogP contribution in [0.3, 0.4) is 0 Å². The highest BCUT2D eigenvalue weighted by Crippen LogP contribution is 2.19. The zero-order valence-electron chi connectivity index (χ0n) is 11.5. The first-order valence-electron chi connectivity index (χ1n) is 6.39. The van der Waals surface area contributed by atoms with Crippen LogP contribution < -0.4 is 5.32 Å². The maximum Gasteiger partial charge on any atom is 0.306 e. The van der Waals surface area contributed by atoms with Crippen LogP contribution in [0.15, 0.2) is 18.2 Å². The quantitative estimate of drug-likeness (QED) is 0.867. The van der Waals surface area contributed by atoms with Crippen molar-refractivity contribution in [3.05, 3.63) is 24.0 Å². The van der Waals surface area contributed by atoms with Crippen molar-refractivity contribution in [1.29, 1.82) is 0 Å². The number of benzene rings is 1. The predicted molar refractivity (Wildman–Crippen MR) is 75.4 cm³/mol. The van der Waals surface area contributed by atoms with Crippen molar-refractivity contribution in [2.75, 3.05) is 11.9 Å². The van der Waals surface area contributed by atoms with Gasteiger partial charge in [0.25, 0.3) is 0 Å². The van der Waals surface area contributed by atoms with Gasteiger partial charge in [-0.3, -0.25) is 4.79 Å². The van der Waals surface area contributed by atoms with Gasteiger partial charge in [0, 0.05) is 19.3 Å². The van der Waals surface area contributed by atoms with Crippen molar-refractivity contribution in [2.45, 2.75) is 20.3 Å². The number of fused-ring (bicyclic) bond motifs is 1. The molecule has 1 heterocycles. The second-order valence-electron chi connectivity index (χ2n) is 4.88. The lowest BCUT2D eigenvalue weighted by atomic mass is 10.1. The highest BCUT2D eigenvalue weighted by molar-refractivity contribution is 5.80. The fourth-order valence-corrected chi connectivity index (χ4v) is 1.99. The number of aliphatic carboxylic acids is 1. The summed E-state index contributed by atoms with van der Waals surface area (Å²) in [5.41, 5.74) is 3.03. The Morgan fingerprint density at radius 2 is 2.26 bits per heavy atom. The van der Waals surface area contributed by atoms with Gasteiger partial charge in [-0.25, -0.2) is 4.98 Å². The van der Waals surface area contributed by atoms with Crippen LogP contribution in [-0.2, 0) is 11.8 Å². The molecule has 0 aliphatic carbocycles. The summed E-state index contributed by atoms with van der Waals surface area (Å²) in [6.07, 6.45) is 0.606. The van der Waals surface area contributed by atoms with Crippen LogP contribution >= 0.6 is 0 Å². The molecule has 0 bridgehead atoms. The number of hydrogen-bond acceptors (Lipinski definition) is 3. The fraction of sp³-hybridized carbons (Fsp3) is 0.429. The van der Waals surface area contributed by atoms with Crippen molar-refractivity contribution < 1.29 is 9.90 Å². The normalized spacial score (nSPS) is 12.6. The molecule has 2 rings (SSSR count). The lowest BCUT2D eigenvalue weighted by Crippen LogP contribution is -2.14. The molecule has 5 heteroatoms. The number of anilines is 1. The number of carboxylic acid groups (broad SMARTS) is 1. The van der Waals surface area contributed by atoms with Crippen molar-refractivity contribution in [2.24, 2.45) is 13.0 Å². The van der Waals surface area contributed by atoms with Crippen LogP contribution in [0.4, 0.5) is 5.69 Å². The standard InChI is InChI=1S/C14H19N3O2/c1-9(14(18)19)6-7-15-11-4-5-13-12(8-11)16-10(2)17(13)3/h4-5,8-9,15H,6-7H2,1-3H3,(H,18,19). The maximum atomic E-state index is 10.7. The van der Waals surface area contributed by atoms with Gasteiger partial charge >= 0.3 is 5.97 Å². The Morgan fingerprint density at radius 3 is 2.95 bits per heavy atom. The van der Waals surface area contributed by atoms with E-state index >= 15 is 0 Å². The van der Waals surface area contributed by atoms with Gasteiger partial charge in [-0.2, -0.15) is 0 Å². The van der Waals surface area contributed by atoms with Gasteiger partial charge in [0.15, 0.2) is 0 Å². The number of imidazole rings is 1. The molecule has 0 aliphatic rings. The van der Waals surface area contributed by atoms with Gasteiger partial charge in [-0.15, -0.1) is 0 Å². The van der Waals surface area contributed by atoms with Crippen LogP contribution in [0.25, 0.3) is 11.0 Å². The van der Waals surface area contributed by atoms with Gasteiger partial charge in [0.05, 0.1) is 17.0 Å². The van der Waals surface area contributed by atoms with E-state index in [9.17, 15) is 4.79 Å². The Labute approximate surface area is 112 Å². The number of nitrogens with zero attached hydrogens (tertiary/aromatic N) is 2. The molecule has 1 atom stereocenters. The van der Waals surface area contributed by atoms with Crippen LogP contribution in [0.1, 0.15) is 19.2 Å². The second-order valence-corrected chi connectivity index (χ2v) is 4.88. The van der Waals surface area contributed by atoms with Crippen LogP contribution in [0.2, 0.25) is 0 Å². The zero-order chi connectivity index (χ0) is 14.0. The largest absolute Gasteiger partial charge is 0.481 e. The molecule has 0 fully saturated rings. The molecule has 1 aromatic carbocycles. The summed E-state index contributed by atoms with van der Waals surface area (Å²) in [5, 5.41) is 12.1. The predicted octanol–water partition coefficient (Wildman–Crippen LogP) is 2.40. The summed E-state index contributed by atoms with van der Waals surface area (Å²) in [6.45, 7) is 4.34. The van der Waals surface area contributed by atoms with E-state index in [1.165, 1.54) is 0 Å². The minimum atomic E-state index is -0.752. The summed E-state index contributed by atoms with van der Waals surface area (Å²) in [4.78, 5) is 15.2. The Kier molecular flexibility index (Phi) is 3.74. The number of nitrogens with one attached hydrogen (secondary N) is 1. The molecule has 0 spiro atoms. The van der Waals surface area contributed by atoms with Gasteiger partial charge in [0.1, 0.15) is 5.82 Å². The molecular weight excluding hydrogens is 242 g/mol. The lowest BCUT2D eigenvalue weighted by Gasteiger charge is -2.09. The number of aryl methyl sites for hydroxylation is 2. The summed E-state index contributed by atoms with van der Waals surface area (Å²) < 4.78 is 2.05. The molecule has 2 aromatic rings. The molecule has 1 aromatic heterocycles. The van der Waals surface area contributed by atoms with Crippen molar-refractivity contribution in [3.63, 3.8) is 0 Å². The Balaban J connectivity index is 2.04. The molecule has 102 valence electrons. The van der Waals surface area contributed by atoms with Crippen LogP contribution in [-0.4, -0.2) is 27.2 Å². The second kappa shape index (κ2) is 5.30. The SMILES string of the molecule is Cc1nc2cc(NCCC(C)C(=O)O)ccc2n1C. The molecule has 5 nitrogen and oxygen atoms in total. The van der Waals surface area contributed by atoms with E-state index in [1.54, 1.807) is 6.92 Å². The van der Waals surface area contributed by atoms with Crippen LogP contribution in [0.5, 0.6) is 0 Å². The first-order valence-corrected chi connectivity index (χ1v) is 6.39. The molecular formula is C14H19N3O2. The number of hydrogen-bond donors (Lipinski definition) is 2. The Morgan fingerprint density at radius 1 is 1.53 bits per heavy atom. The topological polar surface area (TPSA) is 67.2 Å². The summed E-state index contributed by atoms with van der Waals surface area (Å²) >= 11 is 0. The molecule has 0 saturated heterocycles. The first kappa shape index (κ1) is 13.4. The van der Waals surface area contributed by atoms with E-state index in [2.05, 4.69) is 10.3 Å².